The van der Waals surface area contributed by atoms with E-state index in [4.69, 9.17) is 4.74 Å². The summed E-state index contributed by atoms with van der Waals surface area (Å²) in [4.78, 5) is 0. The van der Waals surface area contributed by atoms with E-state index in [0.717, 1.165) is 0 Å². The van der Waals surface area contributed by atoms with Crippen LogP contribution in [0.5, 0.6) is 0 Å². The topological polar surface area (TPSA) is 9.23 Å². The number of methoxy groups -OCH3 is 1. The maximum atomic E-state index is 5.61. The van der Waals surface area contributed by atoms with Gasteiger partial charge in [0.25, 0.3) is 0 Å². The Hall–Kier alpha value is -0.560. The minimum absolute atomic E-state index is 0.363. The quantitative estimate of drug-likeness (QED) is 0.639. The van der Waals surface area contributed by atoms with Crippen LogP contribution < -0.4 is 0 Å². The largest absolute Gasteiger partial charge is 0.377 e. The zero-order valence-corrected chi connectivity index (χ0v) is 11.8. The van der Waals surface area contributed by atoms with Crippen LogP contribution in [0.1, 0.15) is 52.9 Å². The van der Waals surface area contributed by atoms with Gasteiger partial charge in [-0.25, -0.2) is 0 Å². The zero-order chi connectivity index (χ0) is 12.6. The Morgan fingerprint density at radius 1 is 1.35 bits per heavy atom. The van der Waals surface area contributed by atoms with Gasteiger partial charge in [0, 0.05) is 7.11 Å². The molecule has 2 aliphatic carbocycles. The fourth-order valence-electron chi connectivity index (χ4n) is 3.73. The van der Waals surface area contributed by atoms with Crippen molar-refractivity contribution >= 4 is 0 Å². The molecule has 0 aromatic heterocycles. The van der Waals surface area contributed by atoms with Crippen LogP contribution in [-0.4, -0.2) is 13.2 Å². The summed E-state index contributed by atoms with van der Waals surface area (Å²) >= 11 is 0. The minimum Gasteiger partial charge on any atom is -0.377 e. The molecular formula is C16H26O. The van der Waals surface area contributed by atoms with Gasteiger partial charge in [-0.05, 0) is 62.9 Å². The summed E-state index contributed by atoms with van der Waals surface area (Å²) < 4.78 is 5.61. The molecule has 0 bridgehead atoms. The second-order valence-electron chi connectivity index (χ2n) is 6.27. The smallest absolute Gasteiger partial charge is 0.0781 e. The molecule has 0 saturated heterocycles. The van der Waals surface area contributed by atoms with E-state index < -0.39 is 0 Å². The van der Waals surface area contributed by atoms with Crippen LogP contribution in [0.25, 0.3) is 0 Å². The van der Waals surface area contributed by atoms with Crippen molar-refractivity contribution < 1.29 is 4.74 Å². The van der Waals surface area contributed by atoms with Crippen LogP contribution in [-0.2, 0) is 4.74 Å². The summed E-state index contributed by atoms with van der Waals surface area (Å²) in [6.45, 7) is 11.1. The lowest BCUT2D eigenvalue weighted by atomic mass is 9.60. The van der Waals surface area contributed by atoms with Crippen LogP contribution in [0.3, 0.4) is 0 Å². The van der Waals surface area contributed by atoms with Gasteiger partial charge >= 0.3 is 0 Å². The van der Waals surface area contributed by atoms with E-state index in [1.165, 1.54) is 43.3 Å². The highest BCUT2D eigenvalue weighted by Gasteiger charge is 2.40. The Morgan fingerprint density at radius 2 is 2.00 bits per heavy atom. The lowest BCUT2D eigenvalue weighted by Crippen LogP contribution is -2.35. The molecule has 1 heteroatoms. The molecule has 3 unspecified atom stereocenters. The Balaban J connectivity index is 2.30. The van der Waals surface area contributed by atoms with Crippen molar-refractivity contribution in [2.24, 2.45) is 11.3 Å². The fourth-order valence-corrected chi connectivity index (χ4v) is 3.73. The average molecular weight is 234 g/mol. The molecule has 1 fully saturated rings. The predicted octanol–water partition coefficient (Wildman–Crippen LogP) is 4.49. The summed E-state index contributed by atoms with van der Waals surface area (Å²) in [5.74, 6) is 0.698. The van der Waals surface area contributed by atoms with Gasteiger partial charge in [0.05, 0.1) is 6.10 Å². The van der Waals surface area contributed by atoms with Gasteiger partial charge in [-0.2, -0.15) is 0 Å². The molecule has 0 aromatic rings. The van der Waals surface area contributed by atoms with E-state index in [1.54, 1.807) is 5.57 Å². The van der Waals surface area contributed by atoms with Crippen LogP contribution in [0.2, 0.25) is 0 Å². The molecule has 1 nitrogen and oxygen atoms in total. The number of rotatable bonds is 2. The van der Waals surface area contributed by atoms with Gasteiger partial charge in [0.2, 0.25) is 0 Å². The van der Waals surface area contributed by atoms with Crippen molar-refractivity contribution in [2.75, 3.05) is 7.11 Å². The van der Waals surface area contributed by atoms with Gasteiger partial charge in [0.1, 0.15) is 0 Å². The third-order valence-electron chi connectivity index (χ3n) is 5.12. The molecule has 0 amide bonds. The highest BCUT2D eigenvalue weighted by Crippen LogP contribution is 2.52. The third kappa shape index (κ3) is 2.22. The number of ether oxygens (including phenoxy) is 1. The first-order chi connectivity index (χ1) is 7.98. The van der Waals surface area contributed by atoms with E-state index in [9.17, 15) is 0 Å². The predicted molar refractivity (Wildman–Crippen MR) is 73.0 cm³/mol. The van der Waals surface area contributed by atoms with Crippen LogP contribution in [0, 0.1) is 11.3 Å². The standard InChI is InChI=1S/C16H26O/c1-11(2)13-6-8-16(4)9-7-15(17-5)12(3)14(16)10-13/h13,15H,1,6-10H2,2-5H3. The SMILES string of the molecule is C=C(C)C1CCC2(C)CCC(OC)C(C)=C2C1. The summed E-state index contributed by atoms with van der Waals surface area (Å²) in [5.41, 5.74) is 4.99. The maximum absolute atomic E-state index is 5.61. The molecule has 96 valence electrons. The van der Waals surface area contributed by atoms with Crippen molar-refractivity contribution in [2.45, 2.75) is 59.0 Å². The van der Waals surface area contributed by atoms with Gasteiger partial charge in [-0.1, -0.05) is 24.6 Å². The molecule has 2 rings (SSSR count). The van der Waals surface area contributed by atoms with Crippen LogP contribution in [0.4, 0.5) is 0 Å². The number of fused-ring (bicyclic) bond motifs is 1. The van der Waals surface area contributed by atoms with E-state index in [1.807, 2.05) is 7.11 Å². The van der Waals surface area contributed by atoms with Gasteiger partial charge < -0.3 is 4.74 Å². The molecule has 0 heterocycles. The lowest BCUT2D eigenvalue weighted by molar-refractivity contribution is 0.0862. The molecule has 17 heavy (non-hydrogen) atoms. The van der Waals surface area contributed by atoms with Crippen LogP contribution >= 0.6 is 0 Å². The average Bonchev–Trinajstić information content (AvgIpc) is 2.29. The summed E-state index contributed by atoms with van der Waals surface area (Å²) in [5, 5.41) is 0. The Labute approximate surface area is 106 Å². The van der Waals surface area contributed by atoms with Crippen LogP contribution in [0.15, 0.2) is 23.3 Å². The molecule has 0 spiro atoms. The summed E-state index contributed by atoms with van der Waals surface area (Å²) in [6.07, 6.45) is 6.72. The first-order valence-corrected chi connectivity index (χ1v) is 6.86. The molecule has 3 atom stereocenters. The van der Waals surface area contributed by atoms with E-state index in [2.05, 4.69) is 27.4 Å². The summed E-state index contributed by atoms with van der Waals surface area (Å²) in [6, 6.07) is 0. The van der Waals surface area contributed by atoms with E-state index in [0.29, 0.717) is 17.4 Å². The minimum atomic E-state index is 0.363. The Morgan fingerprint density at radius 3 is 2.59 bits per heavy atom. The number of hydrogen-bond donors (Lipinski definition) is 0. The van der Waals surface area contributed by atoms with Gasteiger partial charge in [-0.3, -0.25) is 0 Å². The molecular weight excluding hydrogens is 208 g/mol. The number of allylic oxidation sites excluding steroid dienone is 2. The maximum Gasteiger partial charge on any atom is 0.0781 e. The fraction of sp³-hybridized carbons (Fsp3) is 0.750. The first-order valence-electron chi connectivity index (χ1n) is 6.86. The zero-order valence-electron chi connectivity index (χ0n) is 11.8. The van der Waals surface area contributed by atoms with Gasteiger partial charge in [0.15, 0.2) is 0 Å². The van der Waals surface area contributed by atoms with Crippen molar-refractivity contribution in [1.29, 1.82) is 0 Å². The number of hydrogen-bond acceptors (Lipinski definition) is 1. The molecule has 2 aliphatic rings. The van der Waals surface area contributed by atoms with Crippen molar-refractivity contribution in [1.82, 2.24) is 0 Å². The highest BCUT2D eigenvalue weighted by atomic mass is 16.5. The first kappa shape index (κ1) is 12.9. The van der Waals surface area contributed by atoms with Crippen molar-refractivity contribution in [3.8, 4) is 0 Å². The van der Waals surface area contributed by atoms with E-state index >= 15 is 0 Å². The second-order valence-corrected chi connectivity index (χ2v) is 6.27. The molecule has 0 N–H and O–H groups in total. The monoisotopic (exact) mass is 234 g/mol. The molecule has 1 saturated carbocycles. The highest BCUT2D eigenvalue weighted by molar-refractivity contribution is 5.30. The van der Waals surface area contributed by atoms with Crippen molar-refractivity contribution in [3.05, 3.63) is 23.3 Å². The van der Waals surface area contributed by atoms with Gasteiger partial charge in [-0.15, -0.1) is 0 Å². The Bertz CT molecular complexity index is 353. The Kier molecular flexibility index (Phi) is 3.49. The third-order valence-corrected chi connectivity index (χ3v) is 5.12. The van der Waals surface area contributed by atoms with E-state index in [-0.39, 0.29) is 0 Å². The molecule has 0 aliphatic heterocycles. The second kappa shape index (κ2) is 4.61. The molecule has 0 radical (unpaired) electrons. The lowest BCUT2D eigenvalue weighted by Gasteiger charge is -2.46. The normalized spacial score (nSPS) is 37.9. The van der Waals surface area contributed by atoms with Crippen molar-refractivity contribution in [3.63, 3.8) is 0 Å². The molecule has 0 aromatic carbocycles. The summed E-state index contributed by atoms with van der Waals surface area (Å²) in [7, 11) is 1.84.